The fraction of sp³-hybridized carbons (Fsp3) is 0.333. The Labute approximate surface area is 127 Å². The minimum atomic E-state index is 0.0869. The Kier molecular flexibility index (Phi) is 4.17. The Morgan fingerprint density at radius 2 is 1.90 bits per heavy atom. The van der Waals surface area contributed by atoms with E-state index in [4.69, 9.17) is 4.74 Å². The summed E-state index contributed by atoms with van der Waals surface area (Å²) < 4.78 is 5.59. The van der Waals surface area contributed by atoms with Crippen LogP contribution in [-0.2, 0) is 0 Å². The van der Waals surface area contributed by atoms with Crippen LogP contribution in [0.25, 0.3) is 0 Å². The smallest absolute Gasteiger partial charge is 0.278 e. The molecule has 110 valence electrons. The van der Waals surface area contributed by atoms with E-state index in [1.807, 2.05) is 34.5 Å². The molecule has 5 nitrogen and oxygen atoms in total. The van der Waals surface area contributed by atoms with Gasteiger partial charge in [-0.1, -0.05) is 11.3 Å². The number of piperazine rings is 1. The van der Waals surface area contributed by atoms with Crippen LogP contribution in [0.5, 0.6) is 10.9 Å². The molecule has 1 aliphatic rings. The lowest BCUT2D eigenvalue weighted by molar-refractivity contribution is 0.0664. The number of amides is 1. The van der Waals surface area contributed by atoms with Crippen molar-refractivity contribution >= 4 is 17.2 Å². The Bertz CT molecular complexity index is 590. The van der Waals surface area contributed by atoms with E-state index in [9.17, 15) is 4.79 Å². The predicted molar refractivity (Wildman–Crippen MR) is 82.0 cm³/mol. The van der Waals surface area contributed by atoms with Gasteiger partial charge in [-0.15, -0.1) is 0 Å². The number of hydrogen-bond acceptors (Lipinski definition) is 5. The van der Waals surface area contributed by atoms with Crippen molar-refractivity contribution in [1.29, 1.82) is 0 Å². The molecule has 2 heterocycles. The molecule has 6 heteroatoms. The van der Waals surface area contributed by atoms with Gasteiger partial charge in [-0.05, 0) is 31.3 Å². The van der Waals surface area contributed by atoms with E-state index >= 15 is 0 Å². The molecular formula is C15H17N3O2S. The number of rotatable bonds is 3. The molecule has 1 aromatic carbocycles. The molecule has 1 saturated heterocycles. The van der Waals surface area contributed by atoms with Crippen molar-refractivity contribution in [2.75, 3.05) is 33.2 Å². The number of ether oxygens (including phenoxy) is 1. The van der Waals surface area contributed by atoms with Crippen molar-refractivity contribution in [2.45, 2.75) is 0 Å². The third-order valence-electron chi connectivity index (χ3n) is 3.51. The number of aromatic nitrogens is 1. The summed E-state index contributed by atoms with van der Waals surface area (Å²) in [7, 11) is 2.08. The highest BCUT2D eigenvalue weighted by Gasteiger charge is 2.20. The normalized spacial score (nSPS) is 16.0. The van der Waals surface area contributed by atoms with Crippen molar-refractivity contribution in [3.63, 3.8) is 0 Å². The van der Waals surface area contributed by atoms with E-state index < -0.39 is 0 Å². The summed E-state index contributed by atoms with van der Waals surface area (Å²) in [6, 6.07) is 7.24. The van der Waals surface area contributed by atoms with Gasteiger partial charge in [0, 0.05) is 43.3 Å². The summed E-state index contributed by atoms with van der Waals surface area (Å²) in [5, 5.41) is 2.47. The number of benzene rings is 1. The maximum atomic E-state index is 12.4. The predicted octanol–water partition coefficient (Wildman–Crippen LogP) is 2.32. The van der Waals surface area contributed by atoms with Crippen LogP contribution in [0.15, 0.2) is 35.8 Å². The van der Waals surface area contributed by atoms with Crippen LogP contribution in [0.1, 0.15) is 10.4 Å². The van der Waals surface area contributed by atoms with Crippen LogP contribution in [0, 0.1) is 0 Å². The highest BCUT2D eigenvalue weighted by atomic mass is 32.1. The number of hydrogen-bond donors (Lipinski definition) is 0. The molecule has 0 bridgehead atoms. The maximum Gasteiger partial charge on any atom is 0.278 e. The van der Waals surface area contributed by atoms with Crippen LogP contribution in [-0.4, -0.2) is 53.9 Å². The quantitative estimate of drug-likeness (QED) is 0.873. The zero-order valence-corrected chi connectivity index (χ0v) is 12.7. The molecule has 0 atom stereocenters. The third-order valence-corrected chi connectivity index (χ3v) is 4.15. The molecule has 1 amide bonds. The van der Waals surface area contributed by atoms with Gasteiger partial charge in [-0.25, -0.2) is 4.98 Å². The first-order chi connectivity index (χ1) is 10.2. The maximum absolute atomic E-state index is 12.4. The van der Waals surface area contributed by atoms with E-state index in [0.717, 1.165) is 26.2 Å². The van der Waals surface area contributed by atoms with Crippen LogP contribution in [0.4, 0.5) is 0 Å². The molecule has 0 radical (unpaired) electrons. The van der Waals surface area contributed by atoms with Gasteiger partial charge in [0.1, 0.15) is 5.75 Å². The number of thiazole rings is 1. The Balaban J connectivity index is 1.64. The van der Waals surface area contributed by atoms with Crippen molar-refractivity contribution in [3.05, 3.63) is 41.4 Å². The highest BCUT2D eigenvalue weighted by molar-refractivity contribution is 7.11. The van der Waals surface area contributed by atoms with Crippen molar-refractivity contribution in [3.8, 4) is 10.9 Å². The molecule has 0 spiro atoms. The van der Waals surface area contributed by atoms with Crippen LogP contribution >= 0.6 is 11.3 Å². The second kappa shape index (κ2) is 6.24. The second-order valence-corrected chi connectivity index (χ2v) is 5.88. The zero-order valence-electron chi connectivity index (χ0n) is 11.9. The first-order valence-electron chi connectivity index (χ1n) is 6.87. The molecule has 0 N–H and O–H groups in total. The molecule has 0 aliphatic carbocycles. The van der Waals surface area contributed by atoms with Gasteiger partial charge < -0.3 is 14.5 Å². The van der Waals surface area contributed by atoms with Crippen molar-refractivity contribution in [2.24, 2.45) is 0 Å². The average Bonchev–Trinajstić information content (AvgIpc) is 3.01. The molecule has 0 saturated carbocycles. The minimum absolute atomic E-state index is 0.0869. The number of carbonyl (C=O) groups excluding carboxylic acids is 1. The van der Waals surface area contributed by atoms with E-state index in [1.54, 1.807) is 6.20 Å². The largest absolute Gasteiger partial charge is 0.431 e. The summed E-state index contributed by atoms with van der Waals surface area (Å²) in [5.74, 6) is 0.781. The Hall–Kier alpha value is -1.92. The van der Waals surface area contributed by atoms with Gasteiger partial charge >= 0.3 is 0 Å². The summed E-state index contributed by atoms with van der Waals surface area (Å²) in [4.78, 5) is 20.6. The average molecular weight is 303 g/mol. The summed E-state index contributed by atoms with van der Waals surface area (Å²) >= 11 is 1.44. The van der Waals surface area contributed by atoms with E-state index in [1.165, 1.54) is 11.3 Å². The molecular weight excluding hydrogens is 286 g/mol. The van der Waals surface area contributed by atoms with Gasteiger partial charge in [0.2, 0.25) is 0 Å². The zero-order chi connectivity index (χ0) is 14.7. The van der Waals surface area contributed by atoms with Gasteiger partial charge in [0.25, 0.3) is 11.1 Å². The van der Waals surface area contributed by atoms with E-state index in [2.05, 4.69) is 16.9 Å². The van der Waals surface area contributed by atoms with E-state index in [0.29, 0.717) is 16.5 Å². The van der Waals surface area contributed by atoms with Crippen LogP contribution in [0.3, 0.4) is 0 Å². The van der Waals surface area contributed by atoms with Crippen LogP contribution < -0.4 is 4.74 Å². The molecule has 2 aromatic rings. The molecule has 1 aliphatic heterocycles. The topological polar surface area (TPSA) is 45.7 Å². The lowest BCUT2D eigenvalue weighted by atomic mass is 10.1. The second-order valence-electron chi connectivity index (χ2n) is 5.02. The van der Waals surface area contributed by atoms with Crippen molar-refractivity contribution < 1.29 is 9.53 Å². The van der Waals surface area contributed by atoms with E-state index in [-0.39, 0.29) is 5.91 Å². The highest BCUT2D eigenvalue weighted by Crippen LogP contribution is 2.23. The van der Waals surface area contributed by atoms with Gasteiger partial charge in [0.15, 0.2) is 0 Å². The summed E-state index contributed by atoms with van der Waals surface area (Å²) in [6.45, 7) is 3.42. The monoisotopic (exact) mass is 303 g/mol. The Morgan fingerprint density at radius 1 is 1.19 bits per heavy atom. The molecule has 1 aromatic heterocycles. The van der Waals surface area contributed by atoms with Gasteiger partial charge in [-0.3, -0.25) is 4.79 Å². The molecule has 3 rings (SSSR count). The first-order valence-corrected chi connectivity index (χ1v) is 7.75. The lowest BCUT2D eigenvalue weighted by Gasteiger charge is -2.32. The number of likely N-dealkylation sites (N-methyl/N-ethyl adjacent to an activating group) is 1. The third kappa shape index (κ3) is 3.40. The fourth-order valence-electron chi connectivity index (χ4n) is 2.22. The first kappa shape index (κ1) is 14.0. The number of nitrogens with zero attached hydrogens (tertiary/aromatic N) is 3. The van der Waals surface area contributed by atoms with Gasteiger partial charge in [-0.2, -0.15) is 0 Å². The minimum Gasteiger partial charge on any atom is -0.431 e. The van der Waals surface area contributed by atoms with Crippen molar-refractivity contribution in [1.82, 2.24) is 14.8 Å². The standard InChI is InChI=1S/C15H17N3O2S/c1-17-7-9-18(10-8-17)14(19)12-2-4-13(5-3-12)20-15-16-6-11-21-15/h2-6,11H,7-10H2,1H3. The lowest BCUT2D eigenvalue weighted by Crippen LogP contribution is -2.47. The summed E-state index contributed by atoms with van der Waals surface area (Å²) in [5.41, 5.74) is 0.700. The molecule has 21 heavy (non-hydrogen) atoms. The van der Waals surface area contributed by atoms with Gasteiger partial charge in [0.05, 0.1) is 0 Å². The molecule has 1 fully saturated rings. The fourth-order valence-corrected chi connectivity index (χ4v) is 2.72. The summed E-state index contributed by atoms with van der Waals surface area (Å²) in [6.07, 6.45) is 1.70. The number of carbonyl (C=O) groups is 1. The molecule has 0 unspecified atom stereocenters. The van der Waals surface area contributed by atoms with Crippen LogP contribution in [0.2, 0.25) is 0 Å². The SMILES string of the molecule is CN1CCN(C(=O)c2ccc(Oc3nccs3)cc2)CC1. The Morgan fingerprint density at radius 3 is 2.52 bits per heavy atom.